The van der Waals surface area contributed by atoms with Gasteiger partial charge >= 0.3 is 0 Å². The van der Waals surface area contributed by atoms with Gasteiger partial charge in [0.25, 0.3) is 0 Å². The molecule has 3 rings (SSSR count). The highest BCUT2D eigenvalue weighted by Gasteiger charge is 2.06. The maximum Gasteiger partial charge on any atom is 0.120 e. The molecule has 0 radical (unpaired) electrons. The highest BCUT2D eigenvalue weighted by atomic mass is 16.5. The Kier molecular flexibility index (Phi) is 3.76. The molecule has 0 bridgehead atoms. The van der Waals surface area contributed by atoms with Crippen molar-refractivity contribution in [3.63, 3.8) is 0 Å². The van der Waals surface area contributed by atoms with E-state index in [-0.39, 0.29) is 0 Å². The van der Waals surface area contributed by atoms with E-state index in [1.165, 1.54) is 5.39 Å². The second kappa shape index (κ2) is 5.87. The van der Waals surface area contributed by atoms with Gasteiger partial charge in [-0.1, -0.05) is 12.0 Å². The Morgan fingerprint density at radius 3 is 2.68 bits per heavy atom. The molecule has 0 saturated carbocycles. The SMILES string of the molecule is CCn1c(C#Cc2cccc(N)c2)cc2ccc(OC)cc21. The van der Waals surface area contributed by atoms with Gasteiger partial charge in [-0.2, -0.15) is 0 Å². The zero-order valence-corrected chi connectivity index (χ0v) is 12.8. The van der Waals surface area contributed by atoms with Crippen LogP contribution in [0.5, 0.6) is 5.75 Å². The molecule has 3 heteroatoms. The normalized spacial score (nSPS) is 10.3. The number of hydrogen-bond acceptors (Lipinski definition) is 2. The Morgan fingerprint density at radius 1 is 1.09 bits per heavy atom. The molecule has 2 N–H and O–H groups in total. The van der Waals surface area contributed by atoms with E-state index >= 15 is 0 Å². The van der Waals surface area contributed by atoms with Crippen LogP contribution in [0.2, 0.25) is 0 Å². The number of aryl methyl sites for hydroxylation is 1. The molecule has 2 aromatic carbocycles. The minimum Gasteiger partial charge on any atom is -0.497 e. The van der Waals surface area contributed by atoms with Crippen LogP contribution in [0.25, 0.3) is 10.9 Å². The lowest BCUT2D eigenvalue weighted by molar-refractivity contribution is 0.415. The molecular weight excluding hydrogens is 272 g/mol. The minimum absolute atomic E-state index is 0.729. The predicted octanol–water partition coefficient (Wildman–Crippen LogP) is 3.65. The molecule has 3 aromatic rings. The summed E-state index contributed by atoms with van der Waals surface area (Å²) in [6, 6.07) is 15.8. The first-order valence-corrected chi connectivity index (χ1v) is 7.26. The number of nitrogen functional groups attached to an aromatic ring is 1. The number of benzene rings is 2. The molecule has 0 unspecified atom stereocenters. The van der Waals surface area contributed by atoms with Gasteiger partial charge in [-0.25, -0.2) is 0 Å². The topological polar surface area (TPSA) is 40.2 Å². The highest BCUT2D eigenvalue weighted by Crippen LogP contribution is 2.24. The molecule has 1 aromatic heterocycles. The van der Waals surface area contributed by atoms with Crippen LogP contribution in [-0.2, 0) is 6.54 Å². The van der Waals surface area contributed by atoms with E-state index in [9.17, 15) is 0 Å². The number of ether oxygens (including phenoxy) is 1. The van der Waals surface area contributed by atoms with Gasteiger partial charge < -0.3 is 15.0 Å². The van der Waals surface area contributed by atoms with Crippen molar-refractivity contribution in [1.82, 2.24) is 4.57 Å². The van der Waals surface area contributed by atoms with Crippen LogP contribution >= 0.6 is 0 Å². The molecule has 0 aliphatic heterocycles. The Balaban J connectivity index is 2.08. The summed E-state index contributed by atoms with van der Waals surface area (Å²) in [7, 11) is 1.68. The number of hydrogen-bond donors (Lipinski definition) is 1. The van der Waals surface area contributed by atoms with Crippen molar-refractivity contribution in [2.75, 3.05) is 12.8 Å². The first-order valence-electron chi connectivity index (χ1n) is 7.26. The zero-order chi connectivity index (χ0) is 15.5. The second-order valence-electron chi connectivity index (χ2n) is 5.07. The van der Waals surface area contributed by atoms with E-state index < -0.39 is 0 Å². The summed E-state index contributed by atoms with van der Waals surface area (Å²) >= 11 is 0. The van der Waals surface area contributed by atoms with E-state index in [0.29, 0.717) is 0 Å². The summed E-state index contributed by atoms with van der Waals surface area (Å²) in [5.74, 6) is 7.29. The van der Waals surface area contributed by atoms with Gasteiger partial charge in [0.15, 0.2) is 0 Å². The van der Waals surface area contributed by atoms with Crippen LogP contribution in [0.4, 0.5) is 5.69 Å². The van der Waals surface area contributed by atoms with Crippen LogP contribution in [-0.4, -0.2) is 11.7 Å². The van der Waals surface area contributed by atoms with Crippen LogP contribution < -0.4 is 10.5 Å². The van der Waals surface area contributed by atoms with Gasteiger partial charge in [-0.3, -0.25) is 0 Å². The zero-order valence-electron chi connectivity index (χ0n) is 12.8. The molecular formula is C19H18N2O. The molecule has 3 nitrogen and oxygen atoms in total. The Morgan fingerprint density at radius 2 is 1.95 bits per heavy atom. The van der Waals surface area contributed by atoms with Crippen LogP contribution in [0.15, 0.2) is 48.5 Å². The molecule has 0 spiro atoms. The van der Waals surface area contributed by atoms with Gasteiger partial charge in [0, 0.05) is 29.2 Å². The summed E-state index contributed by atoms with van der Waals surface area (Å²) in [6.07, 6.45) is 0. The smallest absolute Gasteiger partial charge is 0.120 e. The summed E-state index contributed by atoms with van der Waals surface area (Å²) in [5.41, 5.74) is 9.57. The average Bonchev–Trinajstić information content (AvgIpc) is 2.89. The maximum atomic E-state index is 5.79. The first kappa shape index (κ1) is 14.1. The van der Waals surface area contributed by atoms with Gasteiger partial charge in [-0.05, 0) is 49.2 Å². The van der Waals surface area contributed by atoms with Crippen molar-refractivity contribution in [3.05, 3.63) is 59.8 Å². The molecule has 0 aliphatic rings. The number of fused-ring (bicyclic) bond motifs is 1. The minimum atomic E-state index is 0.729. The molecule has 1 heterocycles. The van der Waals surface area contributed by atoms with Crippen molar-refractivity contribution in [3.8, 4) is 17.6 Å². The lowest BCUT2D eigenvalue weighted by atomic mass is 10.2. The first-order chi connectivity index (χ1) is 10.7. The number of anilines is 1. The molecule has 110 valence electrons. The van der Waals surface area contributed by atoms with E-state index in [2.05, 4.69) is 35.5 Å². The molecule has 0 atom stereocenters. The number of methoxy groups -OCH3 is 1. The van der Waals surface area contributed by atoms with Crippen molar-refractivity contribution in [2.24, 2.45) is 0 Å². The van der Waals surface area contributed by atoms with Crippen molar-refractivity contribution >= 4 is 16.6 Å². The summed E-state index contributed by atoms with van der Waals surface area (Å²) < 4.78 is 7.50. The number of aromatic nitrogens is 1. The summed E-state index contributed by atoms with van der Waals surface area (Å²) in [4.78, 5) is 0. The van der Waals surface area contributed by atoms with E-state index in [1.807, 2.05) is 36.4 Å². The molecule has 0 aliphatic carbocycles. The number of rotatable bonds is 2. The Labute approximate surface area is 130 Å². The van der Waals surface area contributed by atoms with Crippen LogP contribution in [0.3, 0.4) is 0 Å². The third kappa shape index (κ3) is 2.64. The van der Waals surface area contributed by atoms with Gasteiger partial charge in [0.05, 0.1) is 18.3 Å². The quantitative estimate of drug-likeness (QED) is 0.578. The molecule has 0 saturated heterocycles. The molecule has 0 amide bonds. The van der Waals surface area contributed by atoms with Gasteiger partial charge in [-0.15, -0.1) is 0 Å². The number of nitrogens with two attached hydrogens (primary N) is 1. The van der Waals surface area contributed by atoms with Crippen molar-refractivity contribution < 1.29 is 4.74 Å². The van der Waals surface area contributed by atoms with E-state index in [1.54, 1.807) is 7.11 Å². The fraction of sp³-hybridized carbons (Fsp3) is 0.158. The molecule has 0 fully saturated rings. The van der Waals surface area contributed by atoms with Crippen LogP contribution in [0, 0.1) is 11.8 Å². The average molecular weight is 290 g/mol. The Hall–Kier alpha value is -2.86. The summed E-state index contributed by atoms with van der Waals surface area (Å²) in [5, 5.41) is 1.17. The van der Waals surface area contributed by atoms with Gasteiger partial charge in [0.1, 0.15) is 5.75 Å². The van der Waals surface area contributed by atoms with Crippen molar-refractivity contribution in [2.45, 2.75) is 13.5 Å². The molecule has 22 heavy (non-hydrogen) atoms. The Bertz CT molecular complexity index is 881. The largest absolute Gasteiger partial charge is 0.497 e. The third-order valence-electron chi connectivity index (χ3n) is 3.65. The standard InChI is InChI=1S/C19H18N2O/c1-3-21-17(9-7-14-5-4-6-16(20)11-14)12-15-8-10-18(22-2)13-19(15)21/h4-6,8,10-13H,3,20H2,1-2H3. The third-order valence-corrected chi connectivity index (χ3v) is 3.65. The van der Waals surface area contributed by atoms with Crippen molar-refractivity contribution in [1.29, 1.82) is 0 Å². The lowest BCUT2D eigenvalue weighted by Crippen LogP contribution is -1.97. The number of nitrogens with zero attached hydrogens (tertiary/aromatic N) is 1. The lowest BCUT2D eigenvalue weighted by Gasteiger charge is -2.04. The van der Waals surface area contributed by atoms with E-state index in [4.69, 9.17) is 10.5 Å². The van der Waals surface area contributed by atoms with Crippen LogP contribution in [0.1, 0.15) is 18.2 Å². The fourth-order valence-electron chi connectivity index (χ4n) is 2.56. The van der Waals surface area contributed by atoms with E-state index in [0.717, 1.165) is 34.8 Å². The highest BCUT2D eigenvalue weighted by molar-refractivity contribution is 5.84. The monoisotopic (exact) mass is 290 g/mol. The second-order valence-corrected chi connectivity index (χ2v) is 5.07. The fourth-order valence-corrected chi connectivity index (χ4v) is 2.56. The summed E-state index contributed by atoms with van der Waals surface area (Å²) in [6.45, 7) is 2.97. The maximum absolute atomic E-state index is 5.79. The van der Waals surface area contributed by atoms with Gasteiger partial charge in [0.2, 0.25) is 0 Å². The predicted molar refractivity (Wildman–Crippen MR) is 91.0 cm³/mol.